The van der Waals surface area contributed by atoms with E-state index in [0.29, 0.717) is 0 Å². The number of fused-ring (bicyclic) bond motifs is 1. The van der Waals surface area contributed by atoms with Crippen molar-refractivity contribution < 1.29 is 0 Å². The van der Waals surface area contributed by atoms with E-state index in [1.54, 1.807) is 0 Å². The molecule has 0 saturated heterocycles. The Morgan fingerprint density at radius 2 is 2.06 bits per heavy atom. The SMILES string of the molecule is CCCNc1nc(C)nc2[nH]c(CC)c(Cl)c12. The molecule has 0 bridgehead atoms. The van der Waals surface area contributed by atoms with Crippen LogP contribution in [0.2, 0.25) is 5.02 Å². The van der Waals surface area contributed by atoms with Crippen LogP contribution in [0.1, 0.15) is 31.8 Å². The summed E-state index contributed by atoms with van der Waals surface area (Å²) in [5.41, 5.74) is 1.83. The van der Waals surface area contributed by atoms with E-state index < -0.39 is 0 Å². The van der Waals surface area contributed by atoms with E-state index >= 15 is 0 Å². The predicted octanol–water partition coefficient (Wildman–Crippen LogP) is 3.30. The largest absolute Gasteiger partial charge is 0.369 e. The van der Waals surface area contributed by atoms with Crippen LogP contribution in [0.3, 0.4) is 0 Å². The molecule has 0 aromatic carbocycles. The van der Waals surface area contributed by atoms with Crippen LogP contribution in [0.25, 0.3) is 11.0 Å². The summed E-state index contributed by atoms with van der Waals surface area (Å²) < 4.78 is 0. The van der Waals surface area contributed by atoms with Crippen LogP contribution in [0.5, 0.6) is 0 Å². The third-order valence-corrected chi connectivity index (χ3v) is 3.09. The molecule has 0 aliphatic rings. The molecule has 0 amide bonds. The lowest BCUT2D eigenvalue weighted by atomic mass is 10.3. The number of aromatic amines is 1. The minimum absolute atomic E-state index is 0.737. The number of rotatable bonds is 4. The Morgan fingerprint density at radius 1 is 1.29 bits per heavy atom. The van der Waals surface area contributed by atoms with Crippen molar-refractivity contribution in [2.75, 3.05) is 11.9 Å². The van der Waals surface area contributed by atoms with E-state index in [2.05, 4.69) is 34.1 Å². The second kappa shape index (κ2) is 4.92. The molecule has 2 rings (SSSR count). The van der Waals surface area contributed by atoms with Crippen LogP contribution < -0.4 is 5.32 Å². The van der Waals surface area contributed by atoms with Crippen molar-refractivity contribution in [2.24, 2.45) is 0 Å². The second-order valence-electron chi connectivity index (χ2n) is 4.04. The van der Waals surface area contributed by atoms with E-state index in [-0.39, 0.29) is 0 Å². The normalized spacial score (nSPS) is 11.1. The van der Waals surface area contributed by atoms with Gasteiger partial charge in [0.15, 0.2) is 0 Å². The van der Waals surface area contributed by atoms with Crippen LogP contribution in [-0.4, -0.2) is 21.5 Å². The molecule has 0 saturated carbocycles. The molecule has 2 N–H and O–H groups in total. The van der Waals surface area contributed by atoms with Gasteiger partial charge in [0.05, 0.1) is 10.4 Å². The van der Waals surface area contributed by atoms with Crippen LogP contribution in [0, 0.1) is 6.92 Å². The van der Waals surface area contributed by atoms with Crippen LogP contribution >= 0.6 is 11.6 Å². The first-order valence-electron chi connectivity index (χ1n) is 5.95. The van der Waals surface area contributed by atoms with Crippen molar-refractivity contribution in [1.29, 1.82) is 0 Å². The molecular formula is C12H17ClN4. The maximum absolute atomic E-state index is 6.34. The van der Waals surface area contributed by atoms with Gasteiger partial charge in [-0.05, 0) is 19.8 Å². The molecule has 0 radical (unpaired) electrons. The van der Waals surface area contributed by atoms with Crippen molar-refractivity contribution >= 4 is 28.5 Å². The fourth-order valence-electron chi connectivity index (χ4n) is 1.83. The van der Waals surface area contributed by atoms with Crippen LogP contribution in [-0.2, 0) is 6.42 Å². The molecule has 17 heavy (non-hydrogen) atoms. The Bertz CT molecular complexity index is 533. The summed E-state index contributed by atoms with van der Waals surface area (Å²) in [6.07, 6.45) is 1.91. The van der Waals surface area contributed by atoms with Gasteiger partial charge in [-0.15, -0.1) is 0 Å². The van der Waals surface area contributed by atoms with Gasteiger partial charge in [-0.2, -0.15) is 0 Å². The van der Waals surface area contributed by atoms with Gasteiger partial charge in [-0.1, -0.05) is 25.4 Å². The monoisotopic (exact) mass is 252 g/mol. The molecule has 0 unspecified atom stereocenters. The summed E-state index contributed by atoms with van der Waals surface area (Å²) in [5, 5.41) is 4.94. The molecule has 0 spiro atoms. The van der Waals surface area contributed by atoms with Gasteiger partial charge in [0.2, 0.25) is 0 Å². The Labute approximate surface area is 106 Å². The van der Waals surface area contributed by atoms with Crippen LogP contribution in [0.15, 0.2) is 0 Å². The summed E-state index contributed by atoms with van der Waals surface area (Å²) in [6, 6.07) is 0. The Hall–Kier alpha value is -1.29. The van der Waals surface area contributed by atoms with E-state index in [1.807, 2.05) is 6.92 Å². The number of nitrogens with zero attached hydrogens (tertiary/aromatic N) is 2. The quantitative estimate of drug-likeness (QED) is 0.878. The minimum Gasteiger partial charge on any atom is -0.369 e. The van der Waals surface area contributed by atoms with E-state index in [9.17, 15) is 0 Å². The number of anilines is 1. The molecule has 2 heterocycles. The number of hydrogen-bond acceptors (Lipinski definition) is 3. The lowest BCUT2D eigenvalue weighted by Crippen LogP contribution is -2.04. The molecule has 2 aromatic heterocycles. The van der Waals surface area contributed by atoms with Gasteiger partial charge in [-0.25, -0.2) is 9.97 Å². The lowest BCUT2D eigenvalue weighted by molar-refractivity contribution is 0.961. The first-order valence-corrected chi connectivity index (χ1v) is 6.33. The topological polar surface area (TPSA) is 53.6 Å². The molecule has 0 fully saturated rings. The third-order valence-electron chi connectivity index (χ3n) is 2.67. The predicted molar refractivity (Wildman–Crippen MR) is 71.8 cm³/mol. The summed E-state index contributed by atoms with van der Waals surface area (Å²) in [7, 11) is 0. The molecule has 0 aliphatic heterocycles. The Balaban J connectivity index is 2.59. The minimum atomic E-state index is 0.737. The Kier molecular flexibility index (Phi) is 3.52. The molecular weight excluding hydrogens is 236 g/mol. The smallest absolute Gasteiger partial charge is 0.144 e. The van der Waals surface area contributed by atoms with Crippen molar-refractivity contribution in [3.63, 3.8) is 0 Å². The van der Waals surface area contributed by atoms with Gasteiger partial charge in [0.25, 0.3) is 0 Å². The van der Waals surface area contributed by atoms with E-state index in [0.717, 1.165) is 52.8 Å². The first kappa shape index (κ1) is 12.2. The number of H-pyrrole nitrogens is 1. The standard InChI is InChI=1S/C12H17ClN4/c1-4-6-14-11-9-10(13)8(5-2)17-12(9)16-7(3)15-11/h4-6H2,1-3H3,(H2,14,15,16,17). The van der Waals surface area contributed by atoms with Gasteiger partial charge in [0.1, 0.15) is 17.3 Å². The zero-order chi connectivity index (χ0) is 12.4. The highest BCUT2D eigenvalue weighted by atomic mass is 35.5. The number of aryl methyl sites for hydroxylation is 2. The van der Waals surface area contributed by atoms with Crippen molar-refractivity contribution in [3.05, 3.63) is 16.5 Å². The maximum atomic E-state index is 6.34. The molecule has 2 aromatic rings. The maximum Gasteiger partial charge on any atom is 0.144 e. The molecule has 5 heteroatoms. The van der Waals surface area contributed by atoms with Crippen LogP contribution in [0.4, 0.5) is 5.82 Å². The zero-order valence-corrected chi connectivity index (χ0v) is 11.1. The fraction of sp³-hybridized carbons (Fsp3) is 0.500. The average molecular weight is 253 g/mol. The molecule has 4 nitrogen and oxygen atoms in total. The number of aromatic nitrogens is 3. The first-order chi connectivity index (χ1) is 8.17. The van der Waals surface area contributed by atoms with Gasteiger partial charge < -0.3 is 10.3 Å². The van der Waals surface area contributed by atoms with Crippen molar-refractivity contribution in [2.45, 2.75) is 33.6 Å². The fourth-order valence-corrected chi connectivity index (χ4v) is 2.19. The van der Waals surface area contributed by atoms with Crippen molar-refractivity contribution in [3.8, 4) is 0 Å². The highest BCUT2D eigenvalue weighted by molar-refractivity contribution is 6.37. The Morgan fingerprint density at radius 3 is 2.71 bits per heavy atom. The summed E-state index contributed by atoms with van der Waals surface area (Å²) >= 11 is 6.34. The van der Waals surface area contributed by atoms with E-state index in [1.165, 1.54) is 0 Å². The van der Waals surface area contributed by atoms with Crippen molar-refractivity contribution in [1.82, 2.24) is 15.0 Å². The summed E-state index contributed by atoms with van der Waals surface area (Å²) in [5.74, 6) is 1.58. The van der Waals surface area contributed by atoms with Gasteiger partial charge in [-0.3, -0.25) is 0 Å². The highest BCUT2D eigenvalue weighted by Gasteiger charge is 2.14. The molecule has 0 atom stereocenters. The summed E-state index contributed by atoms with van der Waals surface area (Å²) in [4.78, 5) is 12.1. The summed E-state index contributed by atoms with van der Waals surface area (Å²) in [6.45, 7) is 6.95. The lowest BCUT2D eigenvalue weighted by Gasteiger charge is -2.06. The van der Waals surface area contributed by atoms with Gasteiger partial charge in [0, 0.05) is 12.2 Å². The molecule has 92 valence electrons. The number of hydrogen-bond donors (Lipinski definition) is 2. The zero-order valence-electron chi connectivity index (χ0n) is 10.4. The molecule has 0 aliphatic carbocycles. The van der Waals surface area contributed by atoms with E-state index in [4.69, 9.17) is 11.6 Å². The average Bonchev–Trinajstić information content (AvgIpc) is 2.62. The number of halogens is 1. The highest BCUT2D eigenvalue weighted by Crippen LogP contribution is 2.31. The second-order valence-corrected chi connectivity index (χ2v) is 4.42. The van der Waals surface area contributed by atoms with Gasteiger partial charge >= 0.3 is 0 Å². The number of nitrogens with one attached hydrogen (secondary N) is 2. The third kappa shape index (κ3) is 2.22.